The van der Waals surface area contributed by atoms with Crippen LogP contribution in [0.4, 0.5) is 0 Å². The van der Waals surface area contributed by atoms with Crippen molar-refractivity contribution in [1.29, 1.82) is 0 Å². The van der Waals surface area contributed by atoms with Crippen LogP contribution in [0.2, 0.25) is 0 Å². The smallest absolute Gasteiger partial charge is 0.255 e. The lowest BCUT2D eigenvalue weighted by Crippen LogP contribution is -2.20. The Morgan fingerprint density at radius 2 is 2.13 bits per heavy atom. The van der Waals surface area contributed by atoms with Gasteiger partial charge in [0.2, 0.25) is 0 Å². The van der Waals surface area contributed by atoms with Crippen LogP contribution in [0.5, 0.6) is 5.75 Å². The molecule has 0 saturated carbocycles. The molecule has 0 unspecified atom stereocenters. The highest BCUT2D eigenvalue weighted by molar-refractivity contribution is 5.75. The van der Waals surface area contributed by atoms with E-state index >= 15 is 0 Å². The standard InChI is InChI=1S/C12H17NO2/c1-8(2)11-5-4-10(6-9(11)3)15-7-12(13)14/h4-6,8H,7H2,1-3H3,(H2,13,14). The number of benzene rings is 1. The minimum absolute atomic E-state index is 0.0690. The van der Waals surface area contributed by atoms with Crippen molar-refractivity contribution in [3.63, 3.8) is 0 Å². The normalized spacial score (nSPS) is 10.4. The molecule has 3 heteroatoms. The van der Waals surface area contributed by atoms with Crippen molar-refractivity contribution in [3.05, 3.63) is 29.3 Å². The van der Waals surface area contributed by atoms with E-state index in [9.17, 15) is 4.79 Å². The van der Waals surface area contributed by atoms with Crippen LogP contribution < -0.4 is 10.5 Å². The maximum Gasteiger partial charge on any atom is 0.255 e. The van der Waals surface area contributed by atoms with Gasteiger partial charge in [0, 0.05) is 0 Å². The molecule has 1 amide bonds. The second-order valence-electron chi connectivity index (χ2n) is 3.93. The van der Waals surface area contributed by atoms with Crippen LogP contribution in [-0.2, 0) is 4.79 Å². The Morgan fingerprint density at radius 1 is 1.47 bits per heavy atom. The minimum Gasteiger partial charge on any atom is -0.484 e. The first kappa shape index (κ1) is 11.6. The summed E-state index contributed by atoms with van der Waals surface area (Å²) in [4.78, 5) is 10.5. The van der Waals surface area contributed by atoms with Crippen LogP contribution in [0.25, 0.3) is 0 Å². The third-order valence-electron chi connectivity index (χ3n) is 2.24. The van der Waals surface area contributed by atoms with Crippen LogP contribution >= 0.6 is 0 Å². The van der Waals surface area contributed by atoms with E-state index in [1.165, 1.54) is 11.1 Å². The molecule has 0 radical (unpaired) electrons. The van der Waals surface area contributed by atoms with Crippen molar-refractivity contribution < 1.29 is 9.53 Å². The number of primary amides is 1. The maximum atomic E-state index is 10.5. The summed E-state index contributed by atoms with van der Waals surface area (Å²) in [7, 11) is 0. The van der Waals surface area contributed by atoms with Gasteiger partial charge in [0.1, 0.15) is 5.75 Å². The van der Waals surface area contributed by atoms with E-state index in [1.54, 1.807) is 0 Å². The molecule has 0 aromatic heterocycles. The second kappa shape index (κ2) is 4.82. The van der Waals surface area contributed by atoms with Gasteiger partial charge in [0.15, 0.2) is 6.61 Å². The number of carbonyl (C=O) groups is 1. The molecule has 0 fully saturated rings. The number of aryl methyl sites for hydroxylation is 1. The highest BCUT2D eigenvalue weighted by atomic mass is 16.5. The first-order valence-electron chi connectivity index (χ1n) is 5.02. The van der Waals surface area contributed by atoms with Crippen molar-refractivity contribution in [2.75, 3.05) is 6.61 Å². The van der Waals surface area contributed by atoms with Gasteiger partial charge >= 0.3 is 0 Å². The fourth-order valence-electron chi connectivity index (χ4n) is 1.54. The van der Waals surface area contributed by atoms with Crippen LogP contribution in [0.1, 0.15) is 30.9 Å². The summed E-state index contributed by atoms with van der Waals surface area (Å²) in [6.45, 7) is 6.26. The molecule has 1 aromatic carbocycles. The van der Waals surface area contributed by atoms with E-state index in [0.29, 0.717) is 11.7 Å². The van der Waals surface area contributed by atoms with Crippen LogP contribution in [0, 0.1) is 6.92 Å². The summed E-state index contributed by atoms with van der Waals surface area (Å²) in [6.07, 6.45) is 0. The number of nitrogens with two attached hydrogens (primary N) is 1. The fourth-order valence-corrected chi connectivity index (χ4v) is 1.54. The summed E-state index contributed by atoms with van der Waals surface area (Å²) in [5, 5.41) is 0. The molecule has 0 bridgehead atoms. The molecule has 15 heavy (non-hydrogen) atoms. The predicted octanol–water partition coefficient (Wildman–Crippen LogP) is 1.98. The van der Waals surface area contributed by atoms with E-state index in [1.807, 2.05) is 25.1 Å². The first-order chi connectivity index (χ1) is 7.00. The van der Waals surface area contributed by atoms with E-state index in [0.717, 1.165) is 0 Å². The van der Waals surface area contributed by atoms with Gasteiger partial charge in [-0.1, -0.05) is 19.9 Å². The molecule has 0 saturated heterocycles. The molecule has 3 nitrogen and oxygen atoms in total. The summed E-state index contributed by atoms with van der Waals surface area (Å²) < 4.78 is 5.21. The minimum atomic E-state index is -0.458. The highest BCUT2D eigenvalue weighted by Gasteiger charge is 2.05. The molecular formula is C12H17NO2. The number of amides is 1. The Kier molecular flexibility index (Phi) is 3.72. The number of rotatable bonds is 4. The van der Waals surface area contributed by atoms with Gasteiger partial charge in [-0.3, -0.25) is 4.79 Å². The number of hydrogen-bond donors (Lipinski definition) is 1. The SMILES string of the molecule is Cc1cc(OCC(N)=O)ccc1C(C)C. The zero-order valence-corrected chi connectivity index (χ0v) is 9.41. The van der Waals surface area contributed by atoms with Gasteiger partial charge in [0.05, 0.1) is 0 Å². The molecule has 82 valence electrons. The predicted molar refractivity (Wildman–Crippen MR) is 60.0 cm³/mol. The molecule has 1 rings (SSSR count). The Balaban J connectivity index is 2.77. The summed E-state index contributed by atoms with van der Waals surface area (Å²) >= 11 is 0. The zero-order valence-electron chi connectivity index (χ0n) is 9.41. The van der Waals surface area contributed by atoms with Gasteiger partial charge in [-0.25, -0.2) is 0 Å². The maximum absolute atomic E-state index is 10.5. The number of ether oxygens (including phenoxy) is 1. The third-order valence-corrected chi connectivity index (χ3v) is 2.24. The molecule has 0 aliphatic heterocycles. The van der Waals surface area contributed by atoms with E-state index < -0.39 is 5.91 Å². The van der Waals surface area contributed by atoms with Crippen molar-refractivity contribution in [2.24, 2.45) is 5.73 Å². The summed E-state index contributed by atoms with van der Waals surface area (Å²) in [5.74, 6) is 0.728. The molecule has 0 aliphatic carbocycles. The van der Waals surface area contributed by atoms with E-state index in [2.05, 4.69) is 13.8 Å². The van der Waals surface area contributed by atoms with E-state index in [4.69, 9.17) is 10.5 Å². The highest BCUT2D eigenvalue weighted by Crippen LogP contribution is 2.23. The van der Waals surface area contributed by atoms with Crippen LogP contribution in [-0.4, -0.2) is 12.5 Å². The Bertz CT molecular complexity index is 359. The first-order valence-corrected chi connectivity index (χ1v) is 5.02. The quantitative estimate of drug-likeness (QED) is 0.820. The molecule has 0 spiro atoms. The molecule has 2 N–H and O–H groups in total. The molecule has 0 atom stereocenters. The Hall–Kier alpha value is -1.51. The molecular weight excluding hydrogens is 190 g/mol. The number of carbonyl (C=O) groups excluding carboxylic acids is 1. The molecule has 0 heterocycles. The summed E-state index contributed by atoms with van der Waals surface area (Å²) in [5.41, 5.74) is 7.46. The van der Waals surface area contributed by atoms with Crippen molar-refractivity contribution in [1.82, 2.24) is 0 Å². The summed E-state index contributed by atoms with van der Waals surface area (Å²) in [6, 6.07) is 5.82. The van der Waals surface area contributed by atoms with Crippen LogP contribution in [0.3, 0.4) is 0 Å². The van der Waals surface area contributed by atoms with Gasteiger partial charge in [-0.05, 0) is 36.1 Å². The largest absolute Gasteiger partial charge is 0.484 e. The van der Waals surface area contributed by atoms with Crippen molar-refractivity contribution >= 4 is 5.91 Å². The van der Waals surface area contributed by atoms with Crippen LogP contribution in [0.15, 0.2) is 18.2 Å². The van der Waals surface area contributed by atoms with Gasteiger partial charge < -0.3 is 10.5 Å². The lowest BCUT2D eigenvalue weighted by Gasteiger charge is -2.11. The van der Waals surface area contributed by atoms with Crippen molar-refractivity contribution in [3.8, 4) is 5.75 Å². The second-order valence-corrected chi connectivity index (χ2v) is 3.93. The Morgan fingerprint density at radius 3 is 2.60 bits per heavy atom. The fraction of sp³-hybridized carbons (Fsp3) is 0.417. The Labute approximate surface area is 90.2 Å². The lowest BCUT2D eigenvalue weighted by atomic mass is 9.98. The van der Waals surface area contributed by atoms with Crippen molar-refractivity contribution in [2.45, 2.75) is 26.7 Å². The average Bonchev–Trinajstić information content (AvgIpc) is 2.14. The van der Waals surface area contributed by atoms with E-state index in [-0.39, 0.29) is 6.61 Å². The zero-order chi connectivity index (χ0) is 11.4. The van der Waals surface area contributed by atoms with Gasteiger partial charge in [-0.15, -0.1) is 0 Å². The molecule has 0 aliphatic rings. The average molecular weight is 207 g/mol. The number of hydrogen-bond acceptors (Lipinski definition) is 2. The third kappa shape index (κ3) is 3.27. The monoisotopic (exact) mass is 207 g/mol. The van der Waals surface area contributed by atoms with Gasteiger partial charge in [0.25, 0.3) is 5.91 Å². The molecule has 1 aromatic rings. The topological polar surface area (TPSA) is 52.3 Å². The van der Waals surface area contributed by atoms with Gasteiger partial charge in [-0.2, -0.15) is 0 Å². The lowest BCUT2D eigenvalue weighted by molar-refractivity contribution is -0.119.